The maximum Gasteiger partial charge on any atom is 0.0802 e. The van der Waals surface area contributed by atoms with E-state index in [-0.39, 0.29) is 6.04 Å². The van der Waals surface area contributed by atoms with Gasteiger partial charge in [0.25, 0.3) is 0 Å². The van der Waals surface area contributed by atoms with Crippen molar-refractivity contribution >= 4 is 23.2 Å². The van der Waals surface area contributed by atoms with E-state index in [0.29, 0.717) is 10.0 Å². The summed E-state index contributed by atoms with van der Waals surface area (Å²) in [5.74, 6) is 0. The van der Waals surface area contributed by atoms with E-state index in [1.54, 1.807) is 18.5 Å². The molecule has 0 aliphatic carbocycles. The second-order valence-electron chi connectivity index (χ2n) is 3.97. The lowest BCUT2D eigenvalue weighted by Crippen LogP contribution is -2.19. The molecule has 18 heavy (non-hydrogen) atoms. The summed E-state index contributed by atoms with van der Waals surface area (Å²) in [5, 5.41) is 4.42. The zero-order chi connectivity index (χ0) is 13.1. The lowest BCUT2D eigenvalue weighted by Gasteiger charge is -2.17. The van der Waals surface area contributed by atoms with Crippen molar-refractivity contribution in [1.82, 2.24) is 15.3 Å². The fraction of sp³-hybridized carbons (Fsp3) is 0.231. The Morgan fingerprint density at radius 2 is 1.94 bits per heavy atom. The van der Waals surface area contributed by atoms with E-state index in [2.05, 4.69) is 15.3 Å². The van der Waals surface area contributed by atoms with Gasteiger partial charge in [-0.2, -0.15) is 0 Å². The molecule has 3 nitrogen and oxygen atoms in total. The van der Waals surface area contributed by atoms with Crippen molar-refractivity contribution in [1.29, 1.82) is 0 Å². The molecule has 0 bridgehead atoms. The van der Waals surface area contributed by atoms with Crippen molar-refractivity contribution in [3.8, 4) is 0 Å². The first-order valence-corrected chi connectivity index (χ1v) is 6.28. The van der Waals surface area contributed by atoms with Crippen LogP contribution < -0.4 is 5.32 Å². The number of aryl methyl sites for hydroxylation is 1. The minimum absolute atomic E-state index is 0.0946. The van der Waals surface area contributed by atoms with Gasteiger partial charge < -0.3 is 5.32 Å². The first-order valence-electron chi connectivity index (χ1n) is 5.52. The molecule has 1 atom stereocenters. The Morgan fingerprint density at radius 1 is 1.17 bits per heavy atom. The SMILES string of the molecule is CNC(c1cnc(C)cn1)c1ccc(Cl)cc1Cl. The molecule has 2 aromatic rings. The van der Waals surface area contributed by atoms with Crippen LogP contribution in [-0.4, -0.2) is 17.0 Å². The molecule has 5 heteroatoms. The van der Waals surface area contributed by atoms with Crippen LogP contribution in [0.25, 0.3) is 0 Å². The highest BCUT2D eigenvalue weighted by Gasteiger charge is 2.16. The highest BCUT2D eigenvalue weighted by Crippen LogP contribution is 2.29. The summed E-state index contributed by atoms with van der Waals surface area (Å²) in [6.07, 6.45) is 3.49. The molecule has 94 valence electrons. The number of hydrogen-bond donors (Lipinski definition) is 1. The van der Waals surface area contributed by atoms with Gasteiger partial charge in [-0.25, -0.2) is 0 Å². The van der Waals surface area contributed by atoms with E-state index in [9.17, 15) is 0 Å². The standard InChI is InChI=1S/C13H13Cl2N3/c1-8-6-18-12(7-17-8)13(16-2)10-4-3-9(14)5-11(10)15/h3-7,13,16H,1-2H3. The predicted octanol–water partition coefficient (Wildman–Crippen LogP) is 3.40. The molecular formula is C13H13Cl2N3. The molecular weight excluding hydrogens is 269 g/mol. The van der Waals surface area contributed by atoms with Gasteiger partial charge in [0.05, 0.1) is 23.6 Å². The number of aromatic nitrogens is 2. The third-order valence-electron chi connectivity index (χ3n) is 2.66. The van der Waals surface area contributed by atoms with Crippen LogP contribution in [0.5, 0.6) is 0 Å². The van der Waals surface area contributed by atoms with Gasteiger partial charge in [-0.15, -0.1) is 0 Å². The molecule has 0 saturated heterocycles. The van der Waals surface area contributed by atoms with E-state index in [1.165, 1.54) is 0 Å². The third kappa shape index (κ3) is 2.80. The zero-order valence-electron chi connectivity index (χ0n) is 10.1. The molecule has 0 fully saturated rings. The smallest absolute Gasteiger partial charge is 0.0802 e. The second kappa shape index (κ2) is 5.65. The fourth-order valence-electron chi connectivity index (χ4n) is 1.75. The molecule has 1 unspecified atom stereocenters. The minimum Gasteiger partial charge on any atom is -0.308 e. The van der Waals surface area contributed by atoms with E-state index in [0.717, 1.165) is 17.0 Å². The Kier molecular flexibility index (Phi) is 4.17. The van der Waals surface area contributed by atoms with Gasteiger partial charge >= 0.3 is 0 Å². The Hall–Kier alpha value is -1.16. The van der Waals surface area contributed by atoms with Crippen LogP contribution in [0.15, 0.2) is 30.6 Å². The molecule has 0 aliphatic rings. The van der Waals surface area contributed by atoms with Crippen LogP contribution in [0.1, 0.15) is 23.0 Å². The van der Waals surface area contributed by atoms with Gasteiger partial charge in [0.15, 0.2) is 0 Å². The highest BCUT2D eigenvalue weighted by atomic mass is 35.5. The summed E-state index contributed by atoms with van der Waals surface area (Å²) in [7, 11) is 1.86. The number of nitrogens with one attached hydrogen (secondary N) is 1. The maximum atomic E-state index is 6.21. The first kappa shape index (κ1) is 13.3. The monoisotopic (exact) mass is 281 g/mol. The number of hydrogen-bond acceptors (Lipinski definition) is 3. The summed E-state index contributed by atoms with van der Waals surface area (Å²) in [6.45, 7) is 1.90. The third-order valence-corrected chi connectivity index (χ3v) is 3.22. The molecule has 0 spiro atoms. The van der Waals surface area contributed by atoms with Crippen molar-refractivity contribution in [2.75, 3.05) is 7.05 Å². The lowest BCUT2D eigenvalue weighted by molar-refractivity contribution is 0.666. The van der Waals surface area contributed by atoms with Gasteiger partial charge in [-0.1, -0.05) is 29.3 Å². The van der Waals surface area contributed by atoms with Crippen molar-refractivity contribution in [3.05, 3.63) is 57.6 Å². The van der Waals surface area contributed by atoms with Crippen molar-refractivity contribution in [2.24, 2.45) is 0 Å². The Morgan fingerprint density at radius 3 is 2.50 bits per heavy atom. The van der Waals surface area contributed by atoms with Gasteiger partial charge in [-0.05, 0) is 31.7 Å². The summed E-state index contributed by atoms with van der Waals surface area (Å²) in [5.41, 5.74) is 2.64. The van der Waals surface area contributed by atoms with E-state index < -0.39 is 0 Å². The summed E-state index contributed by atoms with van der Waals surface area (Å²) < 4.78 is 0. The quantitative estimate of drug-likeness (QED) is 0.937. The summed E-state index contributed by atoms with van der Waals surface area (Å²) in [4.78, 5) is 8.62. The molecule has 1 heterocycles. The normalized spacial score (nSPS) is 12.4. The molecule has 0 aliphatic heterocycles. The van der Waals surface area contributed by atoms with Gasteiger partial charge in [0.1, 0.15) is 0 Å². The van der Waals surface area contributed by atoms with Gasteiger partial charge in [0.2, 0.25) is 0 Å². The first-order chi connectivity index (χ1) is 8.61. The zero-order valence-corrected chi connectivity index (χ0v) is 11.6. The molecule has 1 aromatic heterocycles. The van der Waals surface area contributed by atoms with E-state index in [1.807, 2.05) is 26.1 Å². The molecule has 2 rings (SSSR count). The van der Waals surface area contributed by atoms with Crippen molar-refractivity contribution in [2.45, 2.75) is 13.0 Å². The average Bonchev–Trinajstić information content (AvgIpc) is 2.35. The van der Waals surface area contributed by atoms with Crippen LogP contribution in [-0.2, 0) is 0 Å². The molecule has 0 radical (unpaired) electrons. The highest BCUT2D eigenvalue weighted by molar-refractivity contribution is 6.35. The van der Waals surface area contributed by atoms with Crippen LogP contribution in [0.2, 0.25) is 10.0 Å². The van der Waals surface area contributed by atoms with Crippen LogP contribution in [0.3, 0.4) is 0 Å². The van der Waals surface area contributed by atoms with E-state index >= 15 is 0 Å². The molecule has 0 amide bonds. The molecule has 0 saturated carbocycles. The number of benzene rings is 1. The van der Waals surface area contributed by atoms with Crippen molar-refractivity contribution in [3.63, 3.8) is 0 Å². The Balaban J connectivity index is 2.41. The Bertz CT molecular complexity index is 540. The summed E-state index contributed by atoms with van der Waals surface area (Å²) >= 11 is 12.1. The number of rotatable bonds is 3. The number of halogens is 2. The minimum atomic E-state index is -0.0946. The van der Waals surface area contributed by atoms with Gasteiger partial charge in [0, 0.05) is 16.2 Å². The fourth-order valence-corrected chi connectivity index (χ4v) is 2.27. The number of nitrogens with zero attached hydrogens (tertiary/aromatic N) is 2. The topological polar surface area (TPSA) is 37.8 Å². The maximum absolute atomic E-state index is 6.21. The van der Waals surface area contributed by atoms with Crippen molar-refractivity contribution < 1.29 is 0 Å². The lowest BCUT2D eigenvalue weighted by atomic mass is 10.0. The molecule has 1 N–H and O–H groups in total. The largest absolute Gasteiger partial charge is 0.308 e. The molecule has 1 aromatic carbocycles. The van der Waals surface area contributed by atoms with Crippen LogP contribution >= 0.6 is 23.2 Å². The van der Waals surface area contributed by atoms with E-state index in [4.69, 9.17) is 23.2 Å². The summed E-state index contributed by atoms with van der Waals surface area (Å²) in [6, 6.07) is 5.34. The van der Waals surface area contributed by atoms with Crippen LogP contribution in [0.4, 0.5) is 0 Å². The van der Waals surface area contributed by atoms with Gasteiger partial charge in [-0.3, -0.25) is 9.97 Å². The van der Waals surface area contributed by atoms with Crippen LogP contribution in [0, 0.1) is 6.92 Å². The predicted molar refractivity (Wildman–Crippen MR) is 74.1 cm³/mol. The average molecular weight is 282 g/mol. The Labute approximate surface area is 116 Å². The second-order valence-corrected chi connectivity index (χ2v) is 4.81.